The Labute approximate surface area is 171 Å². The van der Waals surface area contributed by atoms with Crippen LogP contribution in [0, 0.1) is 36.5 Å². The van der Waals surface area contributed by atoms with Gasteiger partial charge in [-0.3, -0.25) is 0 Å². The van der Waals surface area contributed by atoms with Gasteiger partial charge in [0.15, 0.2) is 0 Å². The van der Waals surface area contributed by atoms with Gasteiger partial charge in [-0.1, -0.05) is 30.8 Å². The largest absolute Gasteiger partial charge is 0.457 e. The number of nitrogens with zero attached hydrogens (tertiary/aromatic N) is 2. The molecule has 1 aliphatic rings. The van der Waals surface area contributed by atoms with E-state index in [-0.39, 0.29) is 6.61 Å². The first kappa shape index (κ1) is 20.1. The van der Waals surface area contributed by atoms with Crippen LogP contribution in [0.2, 0.25) is 0 Å². The molecule has 29 heavy (non-hydrogen) atoms. The first-order valence-corrected chi connectivity index (χ1v) is 9.46. The lowest BCUT2D eigenvalue weighted by Gasteiger charge is -2.19. The number of carbonyl (C=O) groups excluding carboxylic acids is 1. The molecule has 1 aliphatic carbocycles. The van der Waals surface area contributed by atoms with Crippen LogP contribution in [0.1, 0.15) is 45.9 Å². The summed E-state index contributed by atoms with van der Waals surface area (Å²) in [7, 11) is 0. The van der Waals surface area contributed by atoms with E-state index in [0.717, 1.165) is 51.8 Å². The van der Waals surface area contributed by atoms with Crippen molar-refractivity contribution in [3.63, 3.8) is 0 Å². The molecular weight excluding hydrogens is 360 g/mol. The number of esters is 1. The molecule has 0 aliphatic heterocycles. The lowest BCUT2D eigenvalue weighted by molar-refractivity contribution is -0.140. The highest BCUT2D eigenvalue weighted by atomic mass is 16.5. The van der Waals surface area contributed by atoms with Crippen molar-refractivity contribution < 1.29 is 9.53 Å². The minimum absolute atomic E-state index is 0.0941. The summed E-state index contributed by atoms with van der Waals surface area (Å²) in [5, 5.41) is 19.9. The van der Waals surface area contributed by atoms with E-state index in [2.05, 4.69) is 24.8 Å². The summed E-state index contributed by atoms with van der Waals surface area (Å²) in [5.41, 5.74) is 7.63. The number of fused-ring (bicyclic) bond motifs is 4. The molecule has 0 N–H and O–H groups in total. The Hall–Kier alpha value is -3.63. The zero-order valence-corrected chi connectivity index (χ0v) is 16.9. The maximum absolute atomic E-state index is 11.8. The monoisotopic (exact) mass is 382 g/mol. The topological polar surface area (TPSA) is 73.9 Å². The lowest BCUT2D eigenvalue weighted by atomic mass is 9.84. The molecule has 144 valence electrons. The van der Waals surface area contributed by atoms with E-state index < -0.39 is 5.97 Å². The average molecular weight is 382 g/mol. The summed E-state index contributed by atoms with van der Waals surface area (Å²) < 4.78 is 5.32. The predicted molar refractivity (Wildman–Crippen MR) is 112 cm³/mol. The summed E-state index contributed by atoms with van der Waals surface area (Å²) in [6, 6.07) is 14.3. The van der Waals surface area contributed by atoms with Crippen LogP contribution in [0.3, 0.4) is 0 Å². The van der Waals surface area contributed by atoms with Gasteiger partial charge in [-0.15, -0.1) is 0 Å². The average Bonchev–Trinajstić information content (AvgIpc) is 2.70. The van der Waals surface area contributed by atoms with E-state index in [4.69, 9.17) is 4.74 Å². The van der Waals surface area contributed by atoms with Crippen LogP contribution >= 0.6 is 0 Å². The Morgan fingerprint density at radius 2 is 1.66 bits per heavy atom. The zero-order valence-electron chi connectivity index (χ0n) is 16.9. The van der Waals surface area contributed by atoms with E-state index in [9.17, 15) is 15.3 Å². The van der Waals surface area contributed by atoms with Gasteiger partial charge in [0.05, 0.1) is 11.1 Å². The van der Waals surface area contributed by atoms with Gasteiger partial charge in [-0.05, 0) is 78.6 Å². The molecule has 0 radical (unpaired) electrons. The van der Waals surface area contributed by atoms with Crippen LogP contribution < -0.4 is 0 Å². The molecule has 2 aromatic carbocycles. The molecular formula is C25H22N2O2. The van der Waals surface area contributed by atoms with Crippen molar-refractivity contribution in [1.82, 2.24) is 0 Å². The smallest absolute Gasteiger partial charge is 0.333 e. The molecule has 3 rings (SSSR count). The van der Waals surface area contributed by atoms with Crippen molar-refractivity contribution in [3.8, 4) is 12.1 Å². The third-order valence-corrected chi connectivity index (χ3v) is 5.42. The van der Waals surface area contributed by atoms with E-state index >= 15 is 0 Å². The summed E-state index contributed by atoms with van der Waals surface area (Å²) in [6.45, 7) is 9.28. The maximum atomic E-state index is 11.8. The van der Waals surface area contributed by atoms with Gasteiger partial charge in [0.2, 0.25) is 0 Å². The van der Waals surface area contributed by atoms with E-state index in [0.29, 0.717) is 16.7 Å². The van der Waals surface area contributed by atoms with Crippen LogP contribution in [0.5, 0.6) is 0 Å². The van der Waals surface area contributed by atoms with Crippen LogP contribution in [0.25, 0.3) is 11.1 Å². The molecule has 0 unspecified atom stereocenters. The van der Waals surface area contributed by atoms with E-state index in [1.54, 1.807) is 6.92 Å². The Kier molecular flexibility index (Phi) is 5.66. The number of rotatable bonds is 3. The van der Waals surface area contributed by atoms with Gasteiger partial charge in [0, 0.05) is 5.57 Å². The number of allylic oxidation sites excluding steroid dienone is 2. The molecule has 0 amide bonds. The second-order valence-corrected chi connectivity index (χ2v) is 7.35. The summed E-state index contributed by atoms with van der Waals surface area (Å²) in [5.74, 6) is -0.450. The summed E-state index contributed by atoms with van der Waals surface area (Å²) >= 11 is 0. The molecule has 0 saturated carbocycles. The fraction of sp³-hybridized carbons (Fsp3) is 0.240. The van der Waals surface area contributed by atoms with Crippen LogP contribution in [0.4, 0.5) is 0 Å². The van der Waals surface area contributed by atoms with Crippen molar-refractivity contribution in [2.75, 3.05) is 0 Å². The zero-order chi connectivity index (χ0) is 21.1. The van der Waals surface area contributed by atoms with Crippen molar-refractivity contribution >= 4 is 17.1 Å². The second kappa shape index (κ2) is 8.17. The Balaban J connectivity index is 2.23. The lowest BCUT2D eigenvalue weighted by Crippen LogP contribution is -2.08. The molecule has 4 bridgehead atoms. The van der Waals surface area contributed by atoms with E-state index in [1.165, 1.54) is 0 Å². The Bertz CT molecular complexity index is 1140. The normalized spacial score (nSPS) is 15.1. The quantitative estimate of drug-likeness (QED) is 0.554. The fourth-order valence-corrected chi connectivity index (χ4v) is 3.71. The summed E-state index contributed by atoms with van der Waals surface area (Å²) in [4.78, 5) is 11.8. The third kappa shape index (κ3) is 3.84. The van der Waals surface area contributed by atoms with Gasteiger partial charge in [-0.25, -0.2) is 4.79 Å². The minimum atomic E-state index is -0.450. The fourth-order valence-electron chi connectivity index (χ4n) is 3.71. The third-order valence-electron chi connectivity index (χ3n) is 5.42. The molecule has 0 heterocycles. The number of hydrogen-bond donors (Lipinski definition) is 0. The molecule has 0 fully saturated rings. The van der Waals surface area contributed by atoms with Gasteiger partial charge < -0.3 is 4.74 Å². The summed E-state index contributed by atoms with van der Waals surface area (Å²) in [6.07, 6.45) is 1.63. The number of hydrogen-bond acceptors (Lipinski definition) is 4. The van der Waals surface area contributed by atoms with Crippen molar-refractivity contribution in [2.24, 2.45) is 0 Å². The molecule has 0 spiro atoms. The molecule has 4 nitrogen and oxygen atoms in total. The van der Waals surface area contributed by atoms with Gasteiger partial charge in [-0.2, -0.15) is 10.5 Å². The Morgan fingerprint density at radius 1 is 1.03 bits per heavy atom. The number of aryl methyl sites for hydroxylation is 2. The predicted octanol–water partition coefficient (Wildman–Crippen LogP) is 4.98. The number of benzene rings is 2. The maximum Gasteiger partial charge on any atom is 0.333 e. The number of ether oxygens (including phenoxy) is 1. The highest BCUT2D eigenvalue weighted by Gasteiger charge is 2.20. The molecule has 0 atom stereocenters. The van der Waals surface area contributed by atoms with Crippen LogP contribution in [-0.2, 0) is 29.0 Å². The van der Waals surface area contributed by atoms with Crippen LogP contribution in [0.15, 0.2) is 42.5 Å². The van der Waals surface area contributed by atoms with Crippen molar-refractivity contribution in [3.05, 3.63) is 81.4 Å². The van der Waals surface area contributed by atoms with Gasteiger partial charge in [0.1, 0.15) is 18.7 Å². The standard InChI is InChI=1S/C25H22N2O2/c1-15(2)25(28)29-14-18-10-20-9-8-19-6-5-7-21(16(19)3)23(12-26)24(13-27)22(11-18)17(20)4/h5-7,10-11H,1,8-9,14H2,2-4H3/b24-23-. The molecule has 2 aromatic rings. The molecule has 4 heteroatoms. The molecule has 0 saturated heterocycles. The minimum Gasteiger partial charge on any atom is -0.457 e. The highest BCUT2D eigenvalue weighted by molar-refractivity contribution is 6.04. The first-order chi connectivity index (χ1) is 13.9. The first-order valence-electron chi connectivity index (χ1n) is 9.46. The van der Waals surface area contributed by atoms with E-state index in [1.807, 2.05) is 38.1 Å². The van der Waals surface area contributed by atoms with Crippen LogP contribution in [-0.4, -0.2) is 5.97 Å². The van der Waals surface area contributed by atoms with Crippen molar-refractivity contribution in [1.29, 1.82) is 10.5 Å². The van der Waals surface area contributed by atoms with Gasteiger partial charge >= 0.3 is 5.97 Å². The SMILES string of the molecule is C=C(C)C(=O)OCc1cc2c(C)c(c1)/C(C#N)=C(/C#N)c1cccc(c1C)CC2. The Morgan fingerprint density at radius 3 is 2.31 bits per heavy atom. The second-order valence-electron chi connectivity index (χ2n) is 7.35. The number of carbonyl (C=O) groups is 1. The van der Waals surface area contributed by atoms with Crippen molar-refractivity contribution in [2.45, 2.75) is 40.2 Å². The number of nitriles is 2. The molecule has 0 aromatic heterocycles. The van der Waals surface area contributed by atoms with Gasteiger partial charge in [0.25, 0.3) is 0 Å². The highest BCUT2D eigenvalue weighted by Crippen LogP contribution is 2.34.